The van der Waals surface area contributed by atoms with E-state index < -0.39 is 5.60 Å². The number of aliphatic imine (C=N–C) groups is 1. The van der Waals surface area contributed by atoms with E-state index in [1.807, 2.05) is 58.7 Å². The third kappa shape index (κ3) is 11.6. The summed E-state index contributed by atoms with van der Waals surface area (Å²) in [5, 5.41) is 0.740. The normalized spacial score (nSPS) is 14.9. The van der Waals surface area contributed by atoms with Gasteiger partial charge in [-0.25, -0.2) is 4.79 Å². The molecule has 0 aliphatic heterocycles. The number of aryl methyl sites for hydroxylation is 1. The summed E-state index contributed by atoms with van der Waals surface area (Å²) < 4.78 is 6.84. The quantitative estimate of drug-likeness (QED) is 0.0954. The van der Waals surface area contributed by atoms with Crippen molar-refractivity contribution in [1.29, 1.82) is 0 Å². The molecule has 1 rings (SSSR count). The lowest BCUT2D eigenvalue weighted by molar-refractivity contribution is 0.0150. The highest BCUT2D eigenvalue weighted by atomic mass is 127. The largest absolute Gasteiger partial charge is 0.444 e. The first-order valence-electron chi connectivity index (χ1n) is 14.0. The number of benzene rings is 1. The first-order valence-corrected chi connectivity index (χ1v) is 15.5. The molecule has 0 aliphatic rings. The summed E-state index contributed by atoms with van der Waals surface area (Å²) >= 11 is 8.74. The maximum absolute atomic E-state index is 13.1. The molecule has 0 N–H and O–H groups in total. The van der Waals surface area contributed by atoms with Crippen molar-refractivity contribution in [2.45, 2.75) is 99.6 Å². The van der Waals surface area contributed by atoms with Crippen LogP contribution in [0.3, 0.4) is 0 Å². The number of allylic oxidation sites excluding steroid dienone is 5. The maximum Gasteiger partial charge on any atom is 0.410 e. The summed E-state index contributed by atoms with van der Waals surface area (Å²) in [6, 6.07) is 5.98. The Labute approximate surface area is 262 Å². The Morgan fingerprint density at radius 2 is 1.77 bits per heavy atom. The van der Waals surface area contributed by atoms with E-state index in [-0.39, 0.29) is 18.1 Å². The van der Waals surface area contributed by atoms with E-state index in [1.54, 1.807) is 0 Å². The molecule has 6 heteroatoms. The molecule has 2 atom stereocenters. The number of rotatable bonds is 12. The van der Waals surface area contributed by atoms with Gasteiger partial charge in [0.1, 0.15) is 5.60 Å². The predicted octanol–water partition coefficient (Wildman–Crippen LogP) is 10.7. The molecular formula is C34H50ClIN2O2. The van der Waals surface area contributed by atoms with E-state index in [0.29, 0.717) is 25.3 Å². The average Bonchev–Trinajstić information content (AvgIpc) is 2.81. The van der Waals surface area contributed by atoms with Crippen LogP contribution in [0.2, 0.25) is 5.02 Å². The molecule has 0 radical (unpaired) electrons. The Bertz CT molecular complexity index is 1170. The maximum atomic E-state index is 13.1. The summed E-state index contributed by atoms with van der Waals surface area (Å²) in [5.74, 6) is 0.485. The lowest BCUT2D eigenvalue weighted by Gasteiger charge is -2.33. The molecule has 0 aliphatic carbocycles. The third-order valence-corrected chi connectivity index (χ3v) is 7.75. The number of carbonyl (C=O) groups excluding carboxylic acids is 1. The van der Waals surface area contributed by atoms with Gasteiger partial charge in [-0.1, -0.05) is 68.8 Å². The van der Waals surface area contributed by atoms with Crippen molar-refractivity contribution in [2.24, 2.45) is 10.9 Å². The first-order chi connectivity index (χ1) is 18.4. The minimum Gasteiger partial charge on any atom is -0.444 e. The SMILES string of the molecule is C=C(C/C(C(=C)C)=C(C(C)=NC)\C(I)=C/C(C)c1cc(Cl)ccc1C)C[C@@H](C)N(CC(C)C)C(=O)OC(C)(C)C. The standard InChI is InChI=1S/C34H50ClIN2O2/c1-21(2)20-38(33(39)40-34(10,11)12)26(8)16-23(5)17-29(22(3)4)32(27(9)37-13)31(36)18-25(7)30-19-28(35)15-14-24(30)6/h14-15,18-19,21,25-26H,3,5,16-17,20H2,1-2,4,6-13H3/b31-18+,32-29+,37-27?/t25?,26-/m1/s1. The number of halogens is 2. The van der Waals surface area contributed by atoms with E-state index in [2.05, 4.69) is 87.5 Å². The lowest BCUT2D eigenvalue weighted by atomic mass is 9.89. The second-order valence-electron chi connectivity index (χ2n) is 12.3. The van der Waals surface area contributed by atoms with Crippen LogP contribution in [0, 0.1) is 12.8 Å². The molecule has 1 amide bonds. The first kappa shape index (κ1) is 36.2. The summed E-state index contributed by atoms with van der Waals surface area (Å²) in [7, 11) is 1.82. The molecule has 222 valence electrons. The molecule has 0 saturated heterocycles. The van der Waals surface area contributed by atoms with Crippen LogP contribution in [0.4, 0.5) is 4.79 Å². The Morgan fingerprint density at radius 1 is 1.18 bits per heavy atom. The second kappa shape index (κ2) is 16.0. The highest BCUT2D eigenvalue weighted by Gasteiger charge is 2.27. The number of hydrogen-bond donors (Lipinski definition) is 0. The summed E-state index contributed by atoms with van der Waals surface area (Å²) in [5.41, 5.74) is 7.03. The molecule has 4 nitrogen and oxygen atoms in total. The molecule has 0 aromatic heterocycles. The van der Waals surface area contributed by atoms with E-state index >= 15 is 0 Å². The molecular weight excluding hydrogens is 631 g/mol. The van der Waals surface area contributed by atoms with E-state index in [0.717, 1.165) is 36.6 Å². The van der Waals surface area contributed by atoms with Crippen molar-refractivity contribution in [2.75, 3.05) is 13.6 Å². The zero-order valence-corrected chi connectivity index (χ0v) is 29.5. The Balaban J connectivity index is 3.40. The van der Waals surface area contributed by atoms with Crippen LogP contribution in [0.25, 0.3) is 0 Å². The van der Waals surface area contributed by atoms with Gasteiger partial charge in [0.15, 0.2) is 0 Å². The van der Waals surface area contributed by atoms with Gasteiger partial charge in [0.05, 0.1) is 0 Å². The number of ether oxygens (including phenoxy) is 1. The second-order valence-corrected chi connectivity index (χ2v) is 13.9. The van der Waals surface area contributed by atoms with Crippen LogP contribution in [-0.2, 0) is 4.74 Å². The van der Waals surface area contributed by atoms with Gasteiger partial charge in [-0.3, -0.25) is 4.99 Å². The summed E-state index contributed by atoms with van der Waals surface area (Å²) in [6.07, 6.45) is 3.30. The van der Waals surface area contributed by atoms with Crippen molar-refractivity contribution < 1.29 is 9.53 Å². The van der Waals surface area contributed by atoms with Gasteiger partial charge in [-0.15, -0.1) is 0 Å². The van der Waals surface area contributed by atoms with Crippen LogP contribution in [-0.4, -0.2) is 41.9 Å². The van der Waals surface area contributed by atoms with Gasteiger partial charge in [-0.05, 0) is 119 Å². The van der Waals surface area contributed by atoms with Gasteiger partial charge in [0.2, 0.25) is 0 Å². The third-order valence-electron chi connectivity index (χ3n) is 6.61. The van der Waals surface area contributed by atoms with Gasteiger partial charge in [0, 0.05) is 45.4 Å². The average molecular weight is 681 g/mol. The zero-order chi connectivity index (χ0) is 30.9. The zero-order valence-electron chi connectivity index (χ0n) is 26.5. The Kier molecular flexibility index (Phi) is 14.4. The topological polar surface area (TPSA) is 41.9 Å². The smallest absolute Gasteiger partial charge is 0.410 e. The van der Waals surface area contributed by atoms with Gasteiger partial charge < -0.3 is 9.64 Å². The van der Waals surface area contributed by atoms with Gasteiger partial charge in [0.25, 0.3) is 0 Å². The molecule has 0 bridgehead atoms. The van der Waals surface area contributed by atoms with Crippen molar-refractivity contribution in [3.8, 4) is 0 Å². The van der Waals surface area contributed by atoms with Crippen LogP contribution in [0.1, 0.15) is 92.2 Å². The molecule has 40 heavy (non-hydrogen) atoms. The monoisotopic (exact) mass is 680 g/mol. The summed E-state index contributed by atoms with van der Waals surface area (Å²) in [4.78, 5) is 19.5. The fraction of sp³-hybridized carbons (Fsp3) is 0.529. The Hall–Kier alpha value is -1.86. The minimum absolute atomic E-state index is 0.0547. The van der Waals surface area contributed by atoms with Crippen LogP contribution >= 0.6 is 34.2 Å². The van der Waals surface area contributed by atoms with Crippen molar-refractivity contribution in [3.05, 3.63) is 79.5 Å². The van der Waals surface area contributed by atoms with Crippen LogP contribution in [0.15, 0.2) is 68.3 Å². The fourth-order valence-corrected chi connectivity index (χ4v) is 6.03. The molecule has 0 heterocycles. The number of amides is 1. The van der Waals surface area contributed by atoms with Crippen LogP contribution in [0.5, 0.6) is 0 Å². The lowest BCUT2D eigenvalue weighted by Crippen LogP contribution is -2.44. The Morgan fingerprint density at radius 3 is 2.27 bits per heavy atom. The fourth-order valence-electron chi connectivity index (χ4n) is 4.59. The molecule has 0 spiro atoms. The molecule has 0 fully saturated rings. The van der Waals surface area contributed by atoms with Gasteiger partial charge >= 0.3 is 6.09 Å². The van der Waals surface area contributed by atoms with Crippen molar-refractivity contribution in [3.63, 3.8) is 0 Å². The molecule has 1 unspecified atom stereocenters. The van der Waals surface area contributed by atoms with E-state index in [4.69, 9.17) is 16.3 Å². The van der Waals surface area contributed by atoms with Crippen molar-refractivity contribution >= 4 is 46.0 Å². The number of carbonyl (C=O) groups is 1. The van der Waals surface area contributed by atoms with E-state index in [9.17, 15) is 4.79 Å². The molecule has 1 aromatic rings. The predicted molar refractivity (Wildman–Crippen MR) is 183 cm³/mol. The number of nitrogens with zero attached hydrogens (tertiary/aromatic N) is 2. The number of hydrogen-bond acceptors (Lipinski definition) is 3. The van der Waals surface area contributed by atoms with Crippen molar-refractivity contribution in [1.82, 2.24) is 4.90 Å². The molecule has 0 saturated carbocycles. The van der Waals surface area contributed by atoms with Crippen LogP contribution < -0.4 is 0 Å². The van der Waals surface area contributed by atoms with E-state index in [1.165, 1.54) is 11.1 Å². The highest BCUT2D eigenvalue weighted by Crippen LogP contribution is 2.35. The van der Waals surface area contributed by atoms with Gasteiger partial charge in [-0.2, -0.15) is 0 Å². The molecule has 1 aromatic carbocycles. The summed E-state index contributed by atoms with van der Waals surface area (Å²) in [6.45, 7) is 29.8. The minimum atomic E-state index is -0.547. The highest BCUT2D eigenvalue weighted by molar-refractivity contribution is 14.1.